The maximum Gasteiger partial charge on any atom is 0.128 e. The van der Waals surface area contributed by atoms with Crippen molar-refractivity contribution in [3.05, 3.63) is 59.0 Å². The van der Waals surface area contributed by atoms with Crippen LogP contribution in [0.15, 0.2) is 41.0 Å². The summed E-state index contributed by atoms with van der Waals surface area (Å²) in [4.78, 5) is 0. The van der Waals surface area contributed by atoms with Crippen molar-refractivity contribution < 1.29 is 4.42 Å². The topological polar surface area (TPSA) is 25.2 Å². The molecule has 1 aromatic carbocycles. The molecule has 18 heavy (non-hydrogen) atoms. The first-order valence-electron chi connectivity index (χ1n) is 6.56. The lowest BCUT2D eigenvalue weighted by Crippen LogP contribution is -2.23. The van der Waals surface area contributed by atoms with Gasteiger partial charge in [0.1, 0.15) is 5.76 Å². The van der Waals surface area contributed by atoms with E-state index in [4.69, 9.17) is 4.42 Å². The molecule has 1 aromatic heterocycles. The van der Waals surface area contributed by atoms with Gasteiger partial charge in [0.05, 0.1) is 12.3 Å². The van der Waals surface area contributed by atoms with Crippen LogP contribution in [0.25, 0.3) is 0 Å². The molecule has 1 heterocycles. The van der Waals surface area contributed by atoms with Gasteiger partial charge in [-0.1, -0.05) is 36.8 Å². The molecule has 0 fully saturated rings. The van der Waals surface area contributed by atoms with Crippen molar-refractivity contribution in [3.63, 3.8) is 0 Å². The third-order valence-electron chi connectivity index (χ3n) is 3.17. The zero-order chi connectivity index (χ0) is 13.0. The second-order valence-corrected chi connectivity index (χ2v) is 4.77. The van der Waals surface area contributed by atoms with Crippen LogP contribution in [0.5, 0.6) is 0 Å². The van der Waals surface area contributed by atoms with Crippen LogP contribution in [0.1, 0.15) is 41.8 Å². The van der Waals surface area contributed by atoms with Crippen molar-refractivity contribution in [3.8, 4) is 0 Å². The number of aryl methyl sites for hydroxylation is 2. The van der Waals surface area contributed by atoms with Gasteiger partial charge < -0.3 is 9.73 Å². The number of hydrogen-bond acceptors (Lipinski definition) is 2. The van der Waals surface area contributed by atoms with Gasteiger partial charge in [-0.05, 0) is 44.0 Å². The second-order valence-electron chi connectivity index (χ2n) is 4.77. The van der Waals surface area contributed by atoms with E-state index in [-0.39, 0.29) is 6.04 Å². The Kier molecular flexibility index (Phi) is 4.21. The van der Waals surface area contributed by atoms with Crippen molar-refractivity contribution in [1.29, 1.82) is 0 Å². The van der Waals surface area contributed by atoms with E-state index in [2.05, 4.69) is 50.4 Å². The van der Waals surface area contributed by atoms with E-state index in [0.717, 1.165) is 18.7 Å². The summed E-state index contributed by atoms with van der Waals surface area (Å²) >= 11 is 0. The van der Waals surface area contributed by atoms with Crippen LogP contribution in [-0.4, -0.2) is 6.54 Å². The minimum atomic E-state index is 0.153. The Balaban J connectivity index is 2.30. The predicted molar refractivity (Wildman–Crippen MR) is 74.8 cm³/mol. The number of rotatable bonds is 5. The summed E-state index contributed by atoms with van der Waals surface area (Å²) in [7, 11) is 0. The molecule has 1 unspecified atom stereocenters. The molecule has 0 saturated carbocycles. The molecule has 0 aliphatic heterocycles. The molecule has 0 bridgehead atoms. The molecule has 1 atom stereocenters. The molecule has 1 N–H and O–H groups in total. The largest absolute Gasteiger partial charge is 0.467 e. The Morgan fingerprint density at radius 2 is 1.83 bits per heavy atom. The van der Waals surface area contributed by atoms with E-state index in [1.165, 1.54) is 16.7 Å². The van der Waals surface area contributed by atoms with Crippen LogP contribution in [-0.2, 0) is 0 Å². The first kappa shape index (κ1) is 12.9. The van der Waals surface area contributed by atoms with E-state index in [1.807, 2.05) is 6.07 Å². The molecule has 0 spiro atoms. The van der Waals surface area contributed by atoms with Gasteiger partial charge in [0, 0.05) is 0 Å². The average Bonchev–Trinajstić information content (AvgIpc) is 2.78. The zero-order valence-corrected chi connectivity index (χ0v) is 11.4. The van der Waals surface area contributed by atoms with Gasteiger partial charge in [0.25, 0.3) is 0 Å². The quantitative estimate of drug-likeness (QED) is 0.859. The Morgan fingerprint density at radius 1 is 1.11 bits per heavy atom. The van der Waals surface area contributed by atoms with Crippen LogP contribution in [0.2, 0.25) is 0 Å². The molecule has 2 nitrogen and oxygen atoms in total. The zero-order valence-electron chi connectivity index (χ0n) is 11.4. The second kappa shape index (κ2) is 5.87. The van der Waals surface area contributed by atoms with Gasteiger partial charge in [-0.25, -0.2) is 0 Å². The molecule has 2 aromatic rings. The lowest BCUT2D eigenvalue weighted by molar-refractivity contribution is 0.444. The highest BCUT2D eigenvalue weighted by atomic mass is 16.3. The standard InChI is InChI=1S/C16H21NO/c1-4-10-17-15(16-13(3)9-11-18-16)14-7-5-12(2)6-8-14/h5-9,11,15,17H,4,10H2,1-3H3. The van der Waals surface area contributed by atoms with Crippen LogP contribution >= 0.6 is 0 Å². The van der Waals surface area contributed by atoms with Crippen LogP contribution in [0, 0.1) is 13.8 Å². The van der Waals surface area contributed by atoms with Crippen molar-refractivity contribution in [1.82, 2.24) is 5.32 Å². The molecule has 96 valence electrons. The molecule has 0 aliphatic rings. The molecular weight excluding hydrogens is 222 g/mol. The minimum Gasteiger partial charge on any atom is -0.467 e. The Hall–Kier alpha value is -1.54. The maximum absolute atomic E-state index is 5.65. The highest BCUT2D eigenvalue weighted by Gasteiger charge is 2.18. The van der Waals surface area contributed by atoms with E-state index in [9.17, 15) is 0 Å². The summed E-state index contributed by atoms with van der Waals surface area (Å²) in [6.07, 6.45) is 2.88. The molecular formula is C16H21NO. The van der Waals surface area contributed by atoms with Crippen LogP contribution < -0.4 is 5.32 Å². The maximum atomic E-state index is 5.65. The smallest absolute Gasteiger partial charge is 0.128 e. The van der Waals surface area contributed by atoms with Gasteiger partial charge in [-0.3, -0.25) is 0 Å². The summed E-state index contributed by atoms with van der Waals surface area (Å²) in [5.74, 6) is 1.02. The lowest BCUT2D eigenvalue weighted by Gasteiger charge is -2.18. The molecule has 0 radical (unpaired) electrons. The van der Waals surface area contributed by atoms with Crippen molar-refractivity contribution >= 4 is 0 Å². The Morgan fingerprint density at radius 3 is 2.39 bits per heavy atom. The summed E-state index contributed by atoms with van der Waals surface area (Å²) in [6.45, 7) is 7.36. The fourth-order valence-electron chi connectivity index (χ4n) is 2.09. The molecule has 0 saturated heterocycles. The fraction of sp³-hybridized carbons (Fsp3) is 0.375. The lowest BCUT2D eigenvalue weighted by atomic mass is 10.0. The SMILES string of the molecule is CCCNC(c1ccc(C)cc1)c1occc1C. The fourth-order valence-corrected chi connectivity index (χ4v) is 2.09. The summed E-state index contributed by atoms with van der Waals surface area (Å²) in [5.41, 5.74) is 3.74. The Labute approximate surface area is 109 Å². The number of benzene rings is 1. The highest BCUT2D eigenvalue weighted by molar-refractivity contribution is 5.32. The number of furan rings is 1. The summed E-state index contributed by atoms with van der Waals surface area (Å²) in [6, 6.07) is 10.8. The van der Waals surface area contributed by atoms with E-state index < -0.39 is 0 Å². The first-order chi connectivity index (χ1) is 8.72. The third kappa shape index (κ3) is 2.82. The average molecular weight is 243 g/mol. The van der Waals surface area contributed by atoms with Crippen LogP contribution in [0.4, 0.5) is 0 Å². The van der Waals surface area contributed by atoms with Crippen LogP contribution in [0.3, 0.4) is 0 Å². The van der Waals surface area contributed by atoms with Crippen molar-refractivity contribution in [2.45, 2.75) is 33.2 Å². The van der Waals surface area contributed by atoms with Crippen molar-refractivity contribution in [2.75, 3.05) is 6.54 Å². The third-order valence-corrected chi connectivity index (χ3v) is 3.17. The molecule has 2 heteroatoms. The molecule has 2 rings (SSSR count). The van der Waals surface area contributed by atoms with Gasteiger partial charge in [0.2, 0.25) is 0 Å². The molecule has 0 amide bonds. The first-order valence-corrected chi connectivity index (χ1v) is 6.56. The van der Waals surface area contributed by atoms with Gasteiger partial charge >= 0.3 is 0 Å². The van der Waals surface area contributed by atoms with E-state index in [0.29, 0.717) is 0 Å². The predicted octanol–water partition coefficient (Wildman–Crippen LogP) is 3.99. The van der Waals surface area contributed by atoms with Gasteiger partial charge in [0.15, 0.2) is 0 Å². The van der Waals surface area contributed by atoms with E-state index in [1.54, 1.807) is 6.26 Å². The summed E-state index contributed by atoms with van der Waals surface area (Å²) < 4.78 is 5.65. The Bertz CT molecular complexity index is 484. The van der Waals surface area contributed by atoms with Gasteiger partial charge in [-0.15, -0.1) is 0 Å². The van der Waals surface area contributed by atoms with E-state index >= 15 is 0 Å². The normalized spacial score (nSPS) is 12.6. The van der Waals surface area contributed by atoms with Crippen molar-refractivity contribution in [2.24, 2.45) is 0 Å². The minimum absolute atomic E-state index is 0.153. The number of hydrogen-bond donors (Lipinski definition) is 1. The highest BCUT2D eigenvalue weighted by Crippen LogP contribution is 2.25. The molecule has 0 aliphatic carbocycles. The number of nitrogens with one attached hydrogen (secondary N) is 1. The summed E-state index contributed by atoms with van der Waals surface area (Å²) in [5, 5.41) is 3.55. The monoisotopic (exact) mass is 243 g/mol. The van der Waals surface area contributed by atoms with Gasteiger partial charge in [-0.2, -0.15) is 0 Å².